The molecule has 0 unspecified atom stereocenters. The number of ether oxygens (including phenoxy) is 1. The van der Waals surface area contributed by atoms with Gasteiger partial charge in [-0.15, -0.1) is 0 Å². The number of benzene rings is 3. The zero-order valence-corrected chi connectivity index (χ0v) is 17.5. The van der Waals surface area contributed by atoms with Crippen LogP contribution in [0.1, 0.15) is 29.2 Å². The summed E-state index contributed by atoms with van der Waals surface area (Å²) in [6.07, 6.45) is 2.88. The summed E-state index contributed by atoms with van der Waals surface area (Å²) in [5.74, 6) is -0.162. The maximum absolute atomic E-state index is 13.6. The van der Waals surface area contributed by atoms with Gasteiger partial charge in [0.1, 0.15) is 23.2 Å². The molecule has 0 atom stereocenters. The molecule has 1 N–H and O–H groups in total. The van der Waals surface area contributed by atoms with Crippen LogP contribution in [0.4, 0.5) is 10.1 Å². The van der Waals surface area contributed by atoms with E-state index in [-0.39, 0.29) is 11.4 Å². The summed E-state index contributed by atoms with van der Waals surface area (Å²) in [4.78, 5) is 12.7. The SMILES string of the molecule is CCc1ccc(NC(=O)/C(C#N)=C/c2ccc(OC)cc2Cc2cccc(F)c2)cc1. The Morgan fingerprint density at radius 2 is 1.87 bits per heavy atom. The van der Waals surface area contributed by atoms with Gasteiger partial charge in [0.05, 0.1) is 7.11 Å². The molecule has 1 amide bonds. The molecule has 5 heteroatoms. The van der Waals surface area contributed by atoms with Gasteiger partial charge < -0.3 is 10.1 Å². The summed E-state index contributed by atoms with van der Waals surface area (Å²) < 4.78 is 18.9. The van der Waals surface area contributed by atoms with Gasteiger partial charge in [0.2, 0.25) is 0 Å². The summed E-state index contributed by atoms with van der Waals surface area (Å²) >= 11 is 0. The average molecular weight is 414 g/mol. The topological polar surface area (TPSA) is 62.1 Å². The maximum Gasteiger partial charge on any atom is 0.266 e. The lowest BCUT2D eigenvalue weighted by Crippen LogP contribution is -2.13. The molecular weight excluding hydrogens is 391 g/mol. The first-order valence-electron chi connectivity index (χ1n) is 9.95. The summed E-state index contributed by atoms with van der Waals surface area (Å²) in [5, 5.41) is 12.3. The van der Waals surface area contributed by atoms with Crippen LogP contribution in [-0.4, -0.2) is 13.0 Å². The van der Waals surface area contributed by atoms with Crippen LogP contribution in [0.25, 0.3) is 6.08 Å². The highest BCUT2D eigenvalue weighted by Crippen LogP contribution is 2.24. The van der Waals surface area contributed by atoms with Crippen molar-refractivity contribution in [3.8, 4) is 11.8 Å². The number of hydrogen-bond donors (Lipinski definition) is 1. The van der Waals surface area contributed by atoms with Crippen LogP contribution in [0.15, 0.2) is 72.3 Å². The van der Waals surface area contributed by atoms with E-state index in [1.807, 2.05) is 42.5 Å². The number of methoxy groups -OCH3 is 1. The van der Waals surface area contributed by atoms with Gasteiger partial charge in [0, 0.05) is 5.69 Å². The highest BCUT2D eigenvalue weighted by molar-refractivity contribution is 6.09. The van der Waals surface area contributed by atoms with Gasteiger partial charge in [-0.25, -0.2) is 4.39 Å². The Morgan fingerprint density at radius 1 is 1.10 bits per heavy atom. The summed E-state index contributed by atoms with van der Waals surface area (Å²) in [5.41, 5.74) is 4.05. The van der Waals surface area contributed by atoms with Crippen molar-refractivity contribution in [2.24, 2.45) is 0 Å². The minimum atomic E-state index is -0.487. The Hall–Kier alpha value is -3.91. The van der Waals surface area contributed by atoms with Crippen molar-refractivity contribution in [1.82, 2.24) is 0 Å². The highest BCUT2D eigenvalue weighted by atomic mass is 19.1. The Kier molecular flexibility index (Phi) is 7.18. The molecule has 0 fully saturated rings. The zero-order valence-electron chi connectivity index (χ0n) is 17.5. The normalized spacial score (nSPS) is 11.0. The molecule has 0 saturated carbocycles. The lowest BCUT2D eigenvalue weighted by molar-refractivity contribution is -0.112. The van der Waals surface area contributed by atoms with Crippen molar-refractivity contribution in [1.29, 1.82) is 5.26 Å². The van der Waals surface area contributed by atoms with Crippen LogP contribution < -0.4 is 10.1 Å². The van der Waals surface area contributed by atoms with Gasteiger partial charge >= 0.3 is 0 Å². The van der Waals surface area contributed by atoms with Crippen LogP contribution in [-0.2, 0) is 17.6 Å². The molecule has 3 aromatic rings. The molecule has 0 heterocycles. The van der Waals surface area contributed by atoms with E-state index in [0.717, 1.165) is 23.1 Å². The number of nitriles is 1. The van der Waals surface area contributed by atoms with Crippen LogP contribution >= 0.6 is 0 Å². The van der Waals surface area contributed by atoms with E-state index < -0.39 is 5.91 Å². The maximum atomic E-state index is 13.6. The van der Waals surface area contributed by atoms with E-state index in [0.29, 0.717) is 23.4 Å². The first kappa shape index (κ1) is 21.8. The number of nitrogens with one attached hydrogen (secondary N) is 1. The summed E-state index contributed by atoms with van der Waals surface area (Å²) in [6, 6.07) is 21.2. The highest BCUT2D eigenvalue weighted by Gasteiger charge is 2.12. The van der Waals surface area contributed by atoms with E-state index in [1.165, 1.54) is 12.1 Å². The third-order valence-corrected chi connectivity index (χ3v) is 4.92. The van der Waals surface area contributed by atoms with Gasteiger partial charge in [-0.1, -0.05) is 37.3 Å². The zero-order chi connectivity index (χ0) is 22.2. The predicted molar refractivity (Wildman–Crippen MR) is 120 cm³/mol. The van der Waals surface area contributed by atoms with Crippen molar-refractivity contribution in [3.05, 3.63) is 100 Å². The molecule has 3 aromatic carbocycles. The number of hydrogen-bond acceptors (Lipinski definition) is 3. The number of nitrogens with zero attached hydrogens (tertiary/aromatic N) is 1. The monoisotopic (exact) mass is 414 g/mol. The number of amides is 1. The molecule has 0 aliphatic carbocycles. The van der Waals surface area contributed by atoms with E-state index in [2.05, 4.69) is 12.2 Å². The number of carbonyl (C=O) groups excluding carboxylic acids is 1. The molecule has 0 aliphatic heterocycles. The number of anilines is 1. The fraction of sp³-hybridized carbons (Fsp3) is 0.154. The molecule has 0 saturated heterocycles. The smallest absolute Gasteiger partial charge is 0.266 e. The Bertz CT molecular complexity index is 1140. The Morgan fingerprint density at radius 3 is 2.52 bits per heavy atom. The first-order valence-corrected chi connectivity index (χ1v) is 9.95. The Balaban J connectivity index is 1.89. The second-order valence-corrected chi connectivity index (χ2v) is 7.05. The van der Waals surface area contributed by atoms with Crippen LogP contribution in [0.2, 0.25) is 0 Å². The molecule has 0 aliphatic rings. The van der Waals surface area contributed by atoms with Crippen molar-refractivity contribution < 1.29 is 13.9 Å². The van der Waals surface area contributed by atoms with E-state index in [9.17, 15) is 14.4 Å². The second-order valence-electron chi connectivity index (χ2n) is 7.05. The molecule has 0 spiro atoms. The Labute approximate surface area is 181 Å². The molecular formula is C26H23FN2O2. The predicted octanol–water partition coefficient (Wildman–Crippen LogP) is 5.53. The third kappa shape index (κ3) is 5.80. The van der Waals surface area contributed by atoms with Crippen molar-refractivity contribution in [2.45, 2.75) is 19.8 Å². The summed E-state index contributed by atoms with van der Waals surface area (Å²) in [7, 11) is 1.56. The number of carbonyl (C=O) groups is 1. The van der Waals surface area contributed by atoms with Gasteiger partial charge in [-0.2, -0.15) is 5.26 Å². The molecule has 156 valence electrons. The number of aryl methyl sites for hydroxylation is 1. The number of halogens is 1. The van der Waals surface area contributed by atoms with Gasteiger partial charge in [-0.05, 0) is 77.6 Å². The number of rotatable bonds is 7. The molecule has 0 aromatic heterocycles. The van der Waals surface area contributed by atoms with Crippen LogP contribution in [0.5, 0.6) is 5.75 Å². The van der Waals surface area contributed by atoms with Gasteiger partial charge in [-0.3, -0.25) is 4.79 Å². The quantitative estimate of drug-likeness (QED) is 0.408. The minimum Gasteiger partial charge on any atom is -0.497 e. The molecule has 0 bridgehead atoms. The molecule has 3 rings (SSSR count). The van der Waals surface area contributed by atoms with E-state index >= 15 is 0 Å². The summed E-state index contributed by atoms with van der Waals surface area (Å²) in [6.45, 7) is 2.06. The third-order valence-electron chi connectivity index (χ3n) is 4.92. The standard InChI is InChI=1S/C26H23FN2O2/c1-3-18-7-10-24(11-8-18)29-26(30)22(17-28)15-20-9-12-25(31-2)16-21(20)13-19-5-4-6-23(27)14-19/h4-12,14-16H,3,13H2,1-2H3,(H,29,30)/b22-15+. The van der Waals surface area contributed by atoms with Crippen molar-refractivity contribution in [2.75, 3.05) is 12.4 Å². The largest absolute Gasteiger partial charge is 0.497 e. The fourth-order valence-electron chi connectivity index (χ4n) is 3.20. The van der Waals surface area contributed by atoms with Crippen molar-refractivity contribution in [3.63, 3.8) is 0 Å². The van der Waals surface area contributed by atoms with E-state index in [4.69, 9.17) is 4.74 Å². The van der Waals surface area contributed by atoms with Gasteiger partial charge in [0.15, 0.2) is 0 Å². The second kappa shape index (κ2) is 10.2. The van der Waals surface area contributed by atoms with Crippen molar-refractivity contribution >= 4 is 17.7 Å². The minimum absolute atomic E-state index is 0.0229. The van der Waals surface area contributed by atoms with Gasteiger partial charge in [0.25, 0.3) is 5.91 Å². The fourth-order valence-corrected chi connectivity index (χ4v) is 3.20. The lowest BCUT2D eigenvalue weighted by Gasteiger charge is -2.10. The average Bonchev–Trinajstić information content (AvgIpc) is 2.78. The first-order chi connectivity index (χ1) is 15.0. The van der Waals surface area contributed by atoms with Crippen LogP contribution in [0.3, 0.4) is 0 Å². The van der Waals surface area contributed by atoms with Crippen LogP contribution in [0, 0.1) is 17.1 Å². The molecule has 0 radical (unpaired) electrons. The molecule has 31 heavy (non-hydrogen) atoms. The molecule has 4 nitrogen and oxygen atoms in total. The lowest BCUT2D eigenvalue weighted by atomic mass is 9.97. The van der Waals surface area contributed by atoms with E-state index in [1.54, 1.807) is 31.4 Å².